The third kappa shape index (κ3) is 4.43. The van der Waals surface area contributed by atoms with Gasteiger partial charge in [0.05, 0.1) is 29.2 Å². The zero-order chi connectivity index (χ0) is 30.8. The number of alkyl halides is 2. The van der Waals surface area contributed by atoms with Gasteiger partial charge in [-0.15, -0.1) is 0 Å². The van der Waals surface area contributed by atoms with E-state index >= 15 is 0 Å². The van der Waals surface area contributed by atoms with Gasteiger partial charge in [0.25, 0.3) is 5.91 Å². The molecule has 208 valence electrons. The number of ether oxygens (including phenoxy) is 2. The Kier molecular flexibility index (Phi) is 5.39. The summed E-state index contributed by atoms with van der Waals surface area (Å²) in [5.41, 5.74) is 1.35. The average molecular weight is 552 g/mol. The van der Waals surface area contributed by atoms with E-state index in [9.17, 15) is 18.4 Å². The summed E-state index contributed by atoms with van der Waals surface area (Å²) in [6, 6.07) is 7.60. The van der Waals surface area contributed by atoms with Gasteiger partial charge >= 0.3 is 12.7 Å². The quantitative estimate of drug-likeness (QED) is 0.393. The Balaban J connectivity index is 1.44. The first-order valence-electron chi connectivity index (χ1n) is 14.7. The molecule has 3 atom stereocenters. The molecule has 0 aliphatic carbocycles. The van der Waals surface area contributed by atoms with E-state index in [-0.39, 0.29) is 29.3 Å². The van der Waals surface area contributed by atoms with Crippen LogP contribution in [0.2, 0.25) is 0 Å². The normalized spacial score (nSPS) is 23.1. The van der Waals surface area contributed by atoms with Gasteiger partial charge in [-0.1, -0.05) is 17.9 Å². The van der Waals surface area contributed by atoms with Gasteiger partial charge in [0.2, 0.25) is 0 Å². The van der Waals surface area contributed by atoms with E-state index in [1.54, 1.807) is 27.7 Å². The summed E-state index contributed by atoms with van der Waals surface area (Å²) in [5, 5.41) is 0. The highest BCUT2D eigenvalue weighted by molar-refractivity contribution is 5.97. The van der Waals surface area contributed by atoms with Crippen molar-refractivity contribution in [3.8, 4) is 17.6 Å². The SMILES string of the molecule is [2H]C([2H])([2H])N1C(=O)c2cccc(OC(F)F)c2[C@H]2C[C@@H]1c1nc3ccc(C#C[C@H]4CCCN4C(=O)OC(C)(C)C)cc3n12. The lowest BCUT2D eigenvalue weighted by molar-refractivity contribution is -0.0507. The maximum absolute atomic E-state index is 13.6. The smallest absolute Gasteiger partial charge is 0.411 e. The first kappa shape index (κ1) is 22.7. The second kappa shape index (κ2) is 9.51. The molecular weight excluding hydrogens is 518 g/mol. The van der Waals surface area contributed by atoms with Crippen LogP contribution < -0.4 is 4.74 Å². The molecule has 10 heteroatoms. The fourth-order valence-electron chi connectivity index (χ4n) is 5.81. The predicted octanol–water partition coefficient (Wildman–Crippen LogP) is 5.51. The number of likely N-dealkylation sites (tertiary alicyclic amines) is 1. The summed E-state index contributed by atoms with van der Waals surface area (Å²) >= 11 is 0. The molecule has 2 bridgehead atoms. The third-order valence-electron chi connectivity index (χ3n) is 7.41. The third-order valence-corrected chi connectivity index (χ3v) is 7.41. The summed E-state index contributed by atoms with van der Waals surface area (Å²) in [6.45, 7) is 0.0356. The number of imidazole rings is 1. The maximum Gasteiger partial charge on any atom is 0.411 e. The number of aromatic nitrogens is 2. The van der Waals surface area contributed by atoms with Crippen LogP contribution >= 0.6 is 0 Å². The summed E-state index contributed by atoms with van der Waals surface area (Å²) in [6.07, 6.45) is 1.23. The van der Waals surface area contributed by atoms with E-state index in [0.29, 0.717) is 35.4 Å². The van der Waals surface area contributed by atoms with Gasteiger partial charge in [0.1, 0.15) is 17.2 Å². The number of hydrogen-bond donors (Lipinski definition) is 0. The van der Waals surface area contributed by atoms with Crippen LogP contribution in [0.1, 0.15) is 83.5 Å². The molecule has 0 unspecified atom stereocenters. The average Bonchev–Trinajstić information content (AvgIpc) is 3.58. The molecular formula is C30H30F2N4O4. The topological polar surface area (TPSA) is 76.9 Å². The van der Waals surface area contributed by atoms with Crippen LogP contribution in [0.4, 0.5) is 13.6 Å². The number of carbonyl (C=O) groups excluding carboxylic acids is 2. The molecule has 8 nitrogen and oxygen atoms in total. The highest BCUT2D eigenvalue weighted by atomic mass is 19.3. The van der Waals surface area contributed by atoms with Crippen molar-refractivity contribution in [1.82, 2.24) is 19.4 Å². The van der Waals surface area contributed by atoms with Crippen molar-refractivity contribution in [2.45, 2.75) is 70.4 Å². The Labute approximate surface area is 235 Å². The van der Waals surface area contributed by atoms with E-state index < -0.39 is 43.3 Å². The van der Waals surface area contributed by atoms with E-state index in [1.165, 1.54) is 18.2 Å². The molecule has 2 amide bonds. The second-order valence-corrected chi connectivity index (χ2v) is 11.2. The minimum Gasteiger partial charge on any atom is -0.444 e. The molecule has 1 saturated heterocycles. The van der Waals surface area contributed by atoms with Crippen LogP contribution in [-0.4, -0.2) is 63.1 Å². The lowest BCUT2D eigenvalue weighted by Gasteiger charge is -2.26. The monoisotopic (exact) mass is 551 g/mol. The summed E-state index contributed by atoms with van der Waals surface area (Å²) < 4.78 is 63.5. The lowest BCUT2D eigenvalue weighted by Crippen LogP contribution is -2.39. The molecule has 1 aromatic heterocycles. The zero-order valence-electron chi connectivity index (χ0n) is 25.3. The molecule has 0 spiro atoms. The van der Waals surface area contributed by atoms with Gasteiger partial charge in [-0.2, -0.15) is 8.78 Å². The van der Waals surface area contributed by atoms with Crippen LogP contribution in [0.3, 0.4) is 0 Å². The Morgan fingerprint density at radius 3 is 2.80 bits per heavy atom. The van der Waals surface area contributed by atoms with Gasteiger partial charge < -0.3 is 18.9 Å². The predicted molar refractivity (Wildman–Crippen MR) is 143 cm³/mol. The molecule has 6 rings (SSSR count). The van der Waals surface area contributed by atoms with Crippen molar-refractivity contribution in [1.29, 1.82) is 0 Å². The first-order valence-corrected chi connectivity index (χ1v) is 13.2. The zero-order valence-corrected chi connectivity index (χ0v) is 22.3. The highest BCUT2D eigenvalue weighted by Gasteiger charge is 2.45. The van der Waals surface area contributed by atoms with Crippen molar-refractivity contribution in [3.63, 3.8) is 0 Å². The first-order chi connectivity index (χ1) is 20.2. The summed E-state index contributed by atoms with van der Waals surface area (Å²) in [5.74, 6) is 5.71. The van der Waals surface area contributed by atoms with E-state index in [1.807, 2.05) is 20.8 Å². The molecule has 0 radical (unpaired) electrons. The van der Waals surface area contributed by atoms with Gasteiger partial charge in [-0.05, 0) is 63.9 Å². The number of rotatable bonds is 2. The van der Waals surface area contributed by atoms with Crippen LogP contribution in [0.15, 0.2) is 36.4 Å². The molecule has 3 aliphatic heterocycles. The van der Waals surface area contributed by atoms with Crippen LogP contribution in [0, 0.1) is 11.8 Å². The van der Waals surface area contributed by atoms with Crippen LogP contribution in [-0.2, 0) is 4.74 Å². The van der Waals surface area contributed by atoms with Gasteiger partial charge in [-0.3, -0.25) is 9.69 Å². The van der Waals surface area contributed by atoms with E-state index in [2.05, 4.69) is 11.8 Å². The molecule has 40 heavy (non-hydrogen) atoms. The Morgan fingerprint density at radius 2 is 2.05 bits per heavy atom. The van der Waals surface area contributed by atoms with Crippen molar-refractivity contribution >= 4 is 23.0 Å². The van der Waals surface area contributed by atoms with Crippen LogP contribution in [0.25, 0.3) is 11.0 Å². The molecule has 1 fully saturated rings. The fraction of sp³-hybridized carbons (Fsp3) is 0.433. The summed E-state index contributed by atoms with van der Waals surface area (Å²) in [4.78, 5) is 33.4. The second-order valence-electron chi connectivity index (χ2n) is 11.2. The number of fused-ring (bicyclic) bond motifs is 9. The molecule has 2 aromatic carbocycles. The van der Waals surface area contributed by atoms with Gasteiger partial charge in [0.15, 0.2) is 0 Å². The number of hydrogen-bond acceptors (Lipinski definition) is 5. The Hall–Kier alpha value is -4.13. The molecule has 0 N–H and O–H groups in total. The van der Waals surface area contributed by atoms with Crippen molar-refractivity contribution in [2.75, 3.05) is 13.5 Å². The molecule has 3 aromatic rings. The number of carbonyl (C=O) groups is 2. The Bertz CT molecular complexity index is 1690. The standard InChI is InChI=1S/C30H30F2N4O4/c1-30(2,3)40-29(38)35-14-6-7-18(35)12-10-17-11-13-20-21(15-17)36-22-16-23(26(36)33-20)34(4)27(37)19-8-5-9-24(25(19)22)39-28(31)32/h5,8-9,11,13,15,18,22-23,28H,6-7,14,16H2,1-4H3/t18-,22-,23-/m1/s1/i4D3. The molecule has 4 heterocycles. The summed E-state index contributed by atoms with van der Waals surface area (Å²) in [7, 11) is 0. The minimum absolute atomic E-state index is 0.00584. The van der Waals surface area contributed by atoms with Crippen LogP contribution in [0.5, 0.6) is 5.75 Å². The number of amides is 2. The fourth-order valence-corrected chi connectivity index (χ4v) is 5.81. The minimum atomic E-state index is -3.14. The number of benzene rings is 2. The van der Waals surface area contributed by atoms with E-state index in [4.69, 9.17) is 18.6 Å². The van der Waals surface area contributed by atoms with Crippen molar-refractivity contribution in [2.24, 2.45) is 0 Å². The van der Waals surface area contributed by atoms with Gasteiger partial charge in [-0.25, -0.2) is 9.78 Å². The maximum atomic E-state index is 13.6. The Morgan fingerprint density at radius 1 is 1.23 bits per heavy atom. The van der Waals surface area contributed by atoms with Crippen molar-refractivity contribution in [3.05, 3.63) is 58.9 Å². The molecule has 3 aliphatic rings. The molecule has 0 saturated carbocycles. The number of nitrogens with zero attached hydrogens (tertiary/aromatic N) is 4. The largest absolute Gasteiger partial charge is 0.444 e. The van der Waals surface area contributed by atoms with Crippen molar-refractivity contribution < 1.29 is 32.0 Å². The highest BCUT2D eigenvalue weighted by Crippen LogP contribution is 2.50. The van der Waals surface area contributed by atoms with E-state index in [0.717, 1.165) is 11.3 Å². The lowest BCUT2D eigenvalue weighted by atomic mass is 9.97. The van der Waals surface area contributed by atoms with Gasteiger partial charge in [0, 0.05) is 40.7 Å². The number of halogens is 2.